The minimum Gasteiger partial charge on any atom is -0.358 e. The molecule has 0 aliphatic carbocycles. The molecule has 2 aromatic heterocycles. The van der Waals surface area contributed by atoms with E-state index in [1.165, 1.54) is 0 Å². The predicted molar refractivity (Wildman–Crippen MR) is 105 cm³/mol. The molecule has 3 aromatic rings. The van der Waals surface area contributed by atoms with Gasteiger partial charge in [0.25, 0.3) is 5.56 Å². The highest BCUT2D eigenvalue weighted by Gasteiger charge is 2.27. The summed E-state index contributed by atoms with van der Waals surface area (Å²) in [5.74, 6) is 0.872. The number of likely N-dealkylation sites (tertiary alicyclic amines) is 1. The van der Waals surface area contributed by atoms with Crippen LogP contribution in [0.3, 0.4) is 0 Å². The number of amides is 1. The van der Waals surface area contributed by atoms with Gasteiger partial charge < -0.3 is 14.9 Å². The van der Waals surface area contributed by atoms with E-state index in [9.17, 15) is 9.59 Å². The molecule has 0 spiro atoms. The third kappa shape index (κ3) is 3.52. The Morgan fingerprint density at radius 3 is 2.89 bits per heavy atom. The van der Waals surface area contributed by atoms with Gasteiger partial charge >= 0.3 is 0 Å². The molecule has 6 heteroatoms. The van der Waals surface area contributed by atoms with Gasteiger partial charge in [0, 0.05) is 41.7 Å². The number of fused-ring (bicyclic) bond motifs is 1. The molecule has 1 atom stereocenters. The van der Waals surface area contributed by atoms with Gasteiger partial charge in [-0.25, -0.2) is 4.98 Å². The number of aromatic amines is 2. The van der Waals surface area contributed by atoms with Crippen molar-refractivity contribution in [3.63, 3.8) is 0 Å². The van der Waals surface area contributed by atoms with Crippen molar-refractivity contribution in [3.8, 4) is 0 Å². The van der Waals surface area contributed by atoms with Crippen LogP contribution in [0.2, 0.25) is 0 Å². The van der Waals surface area contributed by atoms with Crippen molar-refractivity contribution in [2.24, 2.45) is 0 Å². The molecule has 1 amide bonds. The van der Waals surface area contributed by atoms with E-state index in [1.54, 1.807) is 13.0 Å². The number of hydrogen-bond acceptors (Lipinski definition) is 3. The first-order valence-electron chi connectivity index (χ1n) is 9.43. The number of nitrogens with zero attached hydrogens (tertiary/aromatic N) is 2. The molecule has 2 N–H and O–H groups in total. The van der Waals surface area contributed by atoms with Crippen LogP contribution >= 0.6 is 0 Å². The monoisotopic (exact) mass is 364 g/mol. The Balaban J connectivity index is 1.53. The van der Waals surface area contributed by atoms with Crippen LogP contribution in [0.25, 0.3) is 10.9 Å². The highest BCUT2D eigenvalue weighted by atomic mass is 16.2. The van der Waals surface area contributed by atoms with E-state index in [0.29, 0.717) is 18.8 Å². The molecule has 1 fully saturated rings. The highest BCUT2D eigenvalue weighted by Crippen LogP contribution is 2.27. The van der Waals surface area contributed by atoms with E-state index < -0.39 is 0 Å². The van der Waals surface area contributed by atoms with Crippen LogP contribution in [0.5, 0.6) is 0 Å². The zero-order valence-corrected chi connectivity index (χ0v) is 15.7. The lowest BCUT2D eigenvalue weighted by Crippen LogP contribution is -2.40. The lowest BCUT2D eigenvalue weighted by atomic mass is 9.94. The van der Waals surface area contributed by atoms with Crippen LogP contribution in [-0.4, -0.2) is 38.8 Å². The van der Waals surface area contributed by atoms with Crippen molar-refractivity contribution in [1.82, 2.24) is 19.9 Å². The molecule has 4 rings (SSSR count). The molecule has 0 bridgehead atoms. The third-order valence-electron chi connectivity index (χ3n) is 5.43. The van der Waals surface area contributed by atoms with Gasteiger partial charge in [-0.1, -0.05) is 18.2 Å². The largest absolute Gasteiger partial charge is 0.358 e. The number of piperidine rings is 1. The highest BCUT2D eigenvalue weighted by molar-refractivity contribution is 5.90. The Kier molecular flexibility index (Phi) is 4.56. The minimum atomic E-state index is -0.129. The van der Waals surface area contributed by atoms with Gasteiger partial charge in [0.05, 0.1) is 12.1 Å². The van der Waals surface area contributed by atoms with Crippen LogP contribution in [0.15, 0.2) is 35.1 Å². The molecule has 1 saturated heterocycles. The predicted octanol–water partition coefficient (Wildman–Crippen LogP) is 2.82. The van der Waals surface area contributed by atoms with Crippen molar-refractivity contribution in [2.45, 2.75) is 39.0 Å². The molecule has 1 aliphatic heterocycles. The Morgan fingerprint density at radius 1 is 1.26 bits per heavy atom. The first kappa shape index (κ1) is 17.5. The fourth-order valence-electron chi connectivity index (χ4n) is 4.08. The van der Waals surface area contributed by atoms with Crippen molar-refractivity contribution in [2.75, 3.05) is 13.1 Å². The number of para-hydroxylation sites is 1. The number of H-pyrrole nitrogens is 2. The maximum atomic E-state index is 13.0. The van der Waals surface area contributed by atoms with Gasteiger partial charge in [-0.3, -0.25) is 9.59 Å². The summed E-state index contributed by atoms with van der Waals surface area (Å²) >= 11 is 0. The minimum absolute atomic E-state index is 0.118. The van der Waals surface area contributed by atoms with Gasteiger partial charge in [-0.15, -0.1) is 0 Å². The molecule has 1 aliphatic rings. The average molecular weight is 364 g/mol. The molecule has 0 radical (unpaired) electrons. The smallest absolute Gasteiger partial charge is 0.251 e. The summed E-state index contributed by atoms with van der Waals surface area (Å²) in [6.07, 6.45) is 2.27. The SMILES string of the molecule is Cc1nc([C@H]2CCCN(C(=O)Cc3c(C)[nH]c4ccccc34)C2)cc(=O)[nH]1. The third-order valence-corrected chi connectivity index (χ3v) is 5.43. The molecule has 0 unspecified atom stereocenters. The molecule has 140 valence electrons. The molecular weight excluding hydrogens is 340 g/mol. The summed E-state index contributed by atoms with van der Waals surface area (Å²) in [7, 11) is 0. The number of hydrogen-bond donors (Lipinski definition) is 2. The zero-order valence-electron chi connectivity index (χ0n) is 15.7. The fraction of sp³-hybridized carbons (Fsp3) is 0.381. The summed E-state index contributed by atoms with van der Waals surface area (Å²) in [6, 6.07) is 9.66. The Bertz CT molecular complexity index is 1050. The van der Waals surface area contributed by atoms with E-state index in [0.717, 1.165) is 47.2 Å². The van der Waals surface area contributed by atoms with Gasteiger partial charge in [0.1, 0.15) is 5.82 Å². The summed E-state index contributed by atoms with van der Waals surface area (Å²) in [5.41, 5.74) is 3.85. The van der Waals surface area contributed by atoms with E-state index in [1.807, 2.05) is 30.0 Å². The number of carbonyl (C=O) groups is 1. The van der Waals surface area contributed by atoms with Gasteiger partial charge in [-0.05, 0) is 38.3 Å². The molecule has 1 aromatic carbocycles. The van der Waals surface area contributed by atoms with Crippen molar-refractivity contribution >= 4 is 16.8 Å². The molecule has 6 nitrogen and oxygen atoms in total. The summed E-state index contributed by atoms with van der Waals surface area (Å²) in [5, 5.41) is 1.11. The second-order valence-corrected chi connectivity index (χ2v) is 7.39. The fourth-order valence-corrected chi connectivity index (χ4v) is 4.08. The number of rotatable bonds is 3. The quantitative estimate of drug-likeness (QED) is 0.750. The number of nitrogens with one attached hydrogen (secondary N) is 2. The number of aryl methyl sites for hydroxylation is 2. The maximum absolute atomic E-state index is 13.0. The Morgan fingerprint density at radius 2 is 2.07 bits per heavy atom. The Labute approximate surface area is 157 Å². The van der Waals surface area contributed by atoms with E-state index in [-0.39, 0.29) is 17.4 Å². The second-order valence-electron chi connectivity index (χ2n) is 7.39. The van der Waals surface area contributed by atoms with E-state index in [4.69, 9.17) is 0 Å². The van der Waals surface area contributed by atoms with Crippen LogP contribution in [0.1, 0.15) is 41.5 Å². The maximum Gasteiger partial charge on any atom is 0.251 e. The van der Waals surface area contributed by atoms with Crippen LogP contribution in [0.4, 0.5) is 0 Å². The second kappa shape index (κ2) is 7.02. The lowest BCUT2D eigenvalue weighted by molar-refractivity contribution is -0.131. The summed E-state index contributed by atoms with van der Waals surface area (Å²) < 4.78 is 0. The van der Waals surface area contributed by atoms with Crippen LogP contribution in [-0.2, 0) is 11.2 Å². The van der Waals surface area contributed by atoms with Crippen molar-refractivity contribution < 1.29 is 4.79 Å². The number of benzene rings is 1. The first-order valence-corrected chi connectivity index (χ1v) is 9.43. The lowest BCUT2D eigenvalue weighted by Gasteiger charge is -2.32. The van der Waals surface area contributed by atoms with Crippen molar-refractivity contribution in [3.05, 3.63) is 63.5 Å². The van der Waals surface area contributed by atoms with Gasteiger partial charge in [0.15, 0.2) is 0 Å². The molecule has 0 saturated carbocycles. The standard InChI is InChI=1S/C21H24N4O2/c1-13-17(16-7-3-4-8-18(16)22-13)10-21(27)25-9-5-6-15(12-25)19-11-20(26)24-14(2)23-19/h3-4,7-8,11,15,22H,5-6,9-10,12H2,1-2H3,(H,23,24,26)/t15-/m0/s1. The van der Waals surface area contributed by atoms with Gasteiger partial charge in [-0.2, -0.15) is 0 Å². The van der Waals surface area contributed by atoms with Crippen LogP contribution in [0, 0.1) is 13.8 Å². The van der Waals surface area contributed by atoms with Crippen molar-refractivity contribution in [1.29, 1.82) is 0 Å². The normalized spacial score (nSPS) is 17.4. The summed E-state index contributed by atoms with van der Waals surface area (Å²) in [4.78, 5) is 37.2. The topological polar surface area (TPSA) is 81.8 Å². The molecular formula is C21H24N4O2. The van der Waals surface area contributed by atoms with E-state index >= 15 is 0 Å². The molecule has 3 heterocycles. The first-order chi connectivity index (χ1) is 13.0. The number of aromatic nitrogens is 3. The Hall–Kier alpha value is -2.89. The van der Waals surface area contributed by atoms with E-state index in [2.05, 4.69) is 21.0 Å². The van der Waals surface area contributed by atoms with Gasteiger partial charge in [0.2, 0.25) is 5.91 Å². The zero-order chi connectivity index (χ0) is 19.0. The average Bonchev–Trinajstić information content (AvgIpc) is 2.96. The number of carbonyl (C=O) groups excluding carboxylic acids is 1. The van der Waals surface area contributed by atoms with Crippen LogP contribution < -0.4 is 5.56 Å². The molecule has 27 heavy (non-hydrogen) atoms. The summed E-state index contributed by atoms with van der Waals surface area (Å²) in [6.45, 7) is 5.19.